The average Bonchev–Trinajstić information content (AvgIpc) is 3.40. The second-order valence-corrected chi connectivity index (χ2v) is 9.10. The maximum atomic E-state index is 13.1. The lowest BCUT2D eigenvalue weighted by Crippen LogP contribution is -2.57. The Balaban J connectivity index is 1.48. The quantitative estimate of drug-likeness (QED) is 0.845. The first kappa shape index (κ1) is 18.5. The van der Waals surface area contributed by atoms with Crippen LogP contribution in [0.1, 0.15) is 38.2 Å². The first-order valence-corrected chi connectivity index (χ1v) is 9.80. The number of carbonyl (C=O) groups is 2. The van der Waals surface area contributed by atoms with E-state index in [0.29, 0.717) is 31.1 Å². The Morgan fingerprint density at radius 2 is 2.00 bits per heavy atom. The number of halogens is 1. The van der Waals surface area contributed by atoms with Crippen molar-refractivity contribution in [1.29, 1.82) is 0 Å². The molecule has 0 bridgehead atoms. The van der Waals surface area contributed by atoms with Gasteiger partial charge in [0.2, 0.25) is 5.91 Å². The monoisotopic (exact) mass is 388 g/mol. The lowest BCUT2D eigenvalue weighted by molar-refractivity contribution is -0.152. The highest BCUT2D eigenvalue weighted by molar-refractivity contribution is 6.30. The van der Waals surface area contributed by atoms with Crippen molar-refractivity contribution in [2.45, 2.75) is 38.2 Å². The summed E-state index contributed by atoms with van der Waals surface area (Å²) in [5, 5.41) is 0.705. The van der Waals surface area contributed by atoms with Crippen molar-refractivity contribution in [1.82, 2.24) is 4.90 Å². The lowest BCUT2D eigenvalue weighted by Gasteiger charge is -2.46. The van der Waals surface area contributed by atoms with Gasteiger partial charge < -0.3 is 15.4 Å². The molecule has 3 atom stereocenters. The number of Topliss-reactive ketones (excluding diaryl/α,β-unsaturated/α-hetero) is 1. The first-order valence-electron chi connectivity index (χ1n) is 9.42. The summed E-state index contributed by atoms with van der Waals surface area (Å²) in [5.74, 6) is 0.393. The first-order chi connectivity index (χ1) is 12.7. The maximum absolute atomic E-state index is 13.1. The van der Waals surface area contributed by atoms with Gasteiger partial charge in [0.25, 0.3) is 0 Å². The van der Waals surface area contributed by atoms with E-state index in [2.05, 4.69) is 0 Å². The third kappa shape index (κ3) is 3.39. The van der Waals surface area contributed by atoms with Gasteiger partial charge in [0.15, 0.2) is 5.78 Å². The van der Waals surface area contributed by atoms with Crippen molar-refractivity contribution in [2.24, 2.45) is 17.1 Å². The van der Waals surface area contributed by atoms with Crippen LogP contribution in [0.25, 0.3) is 0 Å². The molecule has 1 heterocycles. The molecule has 1 aromatic rings. The standard InChI is InChI=1S/C21H25ClN2O3/c1-20(2)11-21(10-17(23)18(20)25)12-24(7-8-27-21)19(26)16-9-15(16)13-3-5-14(22)6-4-13/h3-6,10,15-16H,7-9,11-12,23H2,1-2H3. The minimum absolute atomic E-state index is 0.0147. The Labute approximate surface area is 164 Å². The molecule has 0 aromatic heterocycles. The van der Waals surface area contributed by atoms with Crippen molar-refractivity contribution < 1.29 is 14.3 Å². The van der Waals surface area contributed by atoms with E-state index in [1.165, 1.54) is 0 Å². The van der Waals surface area contributed by atoms with Crippen LogP contribution in [0.3, 0.4) is 0 Å². The Morgan fingerprint density at radius 1 is 1.30 bits per heavy atom. The summed E-state index contributed by atoms with van der Waals surface area (Å²) in [6, 6.07) is 7.74. The van der Waals surface area contributed by atoms with Gasteiger partial charge in [-0.15, -0.1) is 0 Å². The third-order valence-electron chi connectivity index (χ3n) is 5.96. The van der Waals surface area contributed by atoms with Gasteiger partial charge in [-0.1, -0.05) is 37.6 Å². The normalized spacial score (nSPS) is 32.3. The van der Waals surface area contributed by atoms with E-state index in [1.54, 1.807) is 6.08 Å². The molecule has 2 fully saturated rings. The summed E-state index contributed by atoms with van der Waals surface area (Å²) in [4.78, 5) is 27.2. The molecule has 1 aliphatic heterocycles. The van der Waals surface area contributed by atoms with Gasteiger partial charge in [-0.3, -0.25) is 9.59 Å². The summed E-state index contributed by atoms with van der Waals surface area (Å²) >= 11 is 5.96. The molecule has 2 aliphatic carbocycles. The number of ether oxygens (including phenoxy) is 1. The minimum atomic E-state index is -0.667. The van der Waals surface area contributed by atoms with Crippen LogP contribution < -0.4 is 5.73 Å². The highest BCUT2D eigenvalue weighted by atomic mass is 35.5. The number of morpholine rings is 1. The highest BCUT2D eigenvalue weighted by Gasteiger charge is 2.51. The van der Waals surface area contributed by atoms with E-state index >= 15 is 0 Å². The fraction of sp³-hybridized carbons (Fsp3) is 0.524. The summed E-state index contributed by atoms with van der Waals surface area (Å²) < 4.78 is 6.05. The van der Waals surface area contributed by atoms with E-state index in [0.717, 1.165) is 12.0 Å². The average molecular weight is 389 g/mol. The van der Waals surface area contributed by atoms with Crippen molar-refractivity contribution in [3.63, 3.8) is 0 Å². The van der Waals surface area contributed by atoms with E-state index < -0.39 is 11.0 Å². The van der Waals surface area contributed by atoms with Crippen LogP contribution in [0.5, 0.6) is 0 Å². The molecule has 0 radical (unpaired) electrons. The second kappa shape index (κ2) is 6.35. The Hall–Kier alpha value is -1.85. The number of carbonyl (C=O) groups excluding carboxylic acids is 2. The van der Waals surface area contributed by atoms with E-state index in [1.807, 2.05) is 43.0 Å². The number of hydrogen-bond donors (Lipinski definition) is 1. The zero-order valence-corrected chi connectivity index (χ0v) is 16.5. The van der Waals surface area contributed by atoms with Crippen molar-refractivity contribution in [2.75, 3.05) is 19.7 Å². The predicted molar refractivity (Wildman–Crippen MR) is 103 cm³/mol. The van der Waals surface area contributed by atoms with Crippen LogP contribution in [-0.2, 0) is 14.3 Å². The van der Waals surface area contributed by atoms with Crippen molar-refractivity contribution in [3.05, 3.63) is 46.6 Å². The van der Waals surface area contributed by atoms with Gasteiger partial charge in [0, 0.05) is 22.9 Å². The van der Waals surface area contributed by atoms with E-state index in [-0.39, 0.29) is 29.2 Å². The molecule has 3 aliphatic rings. The van der Waals surface area contributed by atoms with Crippen LogP contribution in [0.15, 0.2) is 36.0 Å². The van der Waals surface area contributed by atoms with E-state index in [4.69, 9.17) is 22.1 Å². The minimum Gasteiger partial charge on any atom is -0.396 e. The van der Waals surface area contributed by atoms with Crippen molar-refractivity contribution >= 4 is 23.3 Å². The van der Waals surface area contributed by atoms with Crippen LogP contribution in [0, 0.1) is 11.3 Å². The molecule has 3 unspecified atom stereocenters. The zero-order valence-electron chi connectivity index (χ0n) is 15.7. The molecule has 1 aromatic carbocycles. The van der Waals surface area contributed by atoms with Gasteiger partial charge in [0.1, 0.15) is 5.60 Å². The number of nitrogens with zero attached hydrogens (tertiary/aromatic N) is 1. The SMILES string of the molecule is CC1(C)CC2(C=C(N)C1=O)CN(C(=O)C1CC1c1ccc(Cl)cc1)CCO2. The molecular formula is C21H25ClN2O3. The molecule has 6 heteroatoms. The topological polar surface area (TPSA) is 72.6 Å². The van der Waals surface area contributed by atoms with Gasteiger partial charge in [-0.05, 0) is 42.5 Å². The zero-order chi connectivity index (χ0) is 19.4. The molecule has 1 saturated carbocycles. The maximum Gasteiger partial charge on any atom is 0.226 e. The predicted octanol–water partition coefficient (Wildman–Crippen LogP) is 2.88. The fourth-order valence-corrected chi connectivity index (χ4v) is 4.72. The lowest BCUT2D eigenvalue weighted by atomic mass is 9.71. The molecule has 4 rings (SSSR count). The smallest absolute Gasteiger partial charge is 0.226 e. The fourth-order valence-electron chi connectivity index (χ4n) is 4.59. The number of hydrogen-bond acceptors (Lipinski definition) is 4. The van der Waals surface area contributed by atoms with Gasteiger partial charge in [0.05, 0.1) is 18.8 Å². The highest BCUT2D eigenvalue weighted by Crippen LogP contribution is 2.49. The Morgan fingerprint density at radius 3 is 2.67 bits per heavy atom. The van der Waals surface area contributed by atoms with Crippen molar-refractivity contribution in [3.8, 4) is 0 Å². The molecule has 1 amide bonds. The molecule has 1 saturated heterocycles. The number of benzene rings is 1. The van der Waals surface area contributed by atoms with Gasteiger partial charge in [-0.2, -0.15) is 0 Å². The van der Waals surface area contributed by atoms with Crippen LogP contribution in [0.2, 0.25) is 5.02 Å². The summed E-state index contributed by atoms with van der Waals surface area (Å²) in [6.07, 6.45) is 3.13. The molecular weight excluding hydrogens is 364 g/mol. The molecule has 1 spiro atoms. The number of allylic oxidation sites excluding steroid dienone is 1. The molecule has 5 nitrogen and oxygen atoms in total. The Bertz CT molecular complexity index is 817. The number of ketones is 1. The molecule has 144 valence electrons. The van der Waals surface area contributed by atoms with Crippen LogP contribution in [0.4, 0.5) is 0 Å². The molecule has 27 heavy (non-hydrogen) atoms. The van der Waals surface area contributed by atoms with E-state index in [9.17, 15) is 9.59 Å². The van der Waals surface area contributed by atoms with Crippen LogP contribution in [-0.4, -0.2) is 41.9 Å². The number of rotatable bonds is 2. The number of amides is 1. The largest absolute Gasteiger partial charge is 0.396 e. The summed E-state index contributed by atoms with van der Waals surface area (Å²) in [7, 11) is 0. The van der Waals surface area contributed by atoms with Crippen LogP contribution >= 0.6 is 11.6 Å². The van der Waals surface area contributed by atoms with Gasteiger partial charge in [-0.25, -0.2) is 0 Å². The molecule has 2 N–H and O–H groups in total. The second-order valence-electron chi connectivity index (χ2n) is 8.66. The van der Waals surface area contributed by atoms with Gasteiger partial charge >= 0.3 is 0 Å². The summed E-state index contributed by atoms with van der Waals surface area (Å²) in [6.45, 7) is 5.26. The summed E-state index contributed by atoms with van der Waals surface area (Å²) in [5.41, 5.74) is 6.13. The number of nitrogens with two attached hydrogens (primary N) is 1. The Kier molecular flexibility index (Phi) is 4.35. The third-order valence-corrected chi connectivity index (χ3v) is 6.22.